The van der Waals surface area contributed by atoms with Gasteiger partial charge in [0, 0.05) is 40.7 Å². The summed E-state index contributed by atoms with van der Waals surface area (Å²) in [5, 5.41) is 10.3. The third-order valence-corrected chi connectivity index (χ3v) is 4.81. The molecule has 1 aliphatic rings. The molecule has 31 heavy (non-hydrogen) atoms. The van der Waals surface area contributed by atoms with Crippen LogP contribution in [0.25, 0.3) is 0 Å². The van der Waals surface area contributed by atoms with Gasteiger partial charge in [0.1, 0.15) is 0 Å². The largest absolute Gasteiger partial charge is 0.493 e. The Kier molecular flexibility index (Phi) is 8.38. The minimum atomic E-state index is -0.273. The smallest absolute Gasteiger partial charge is 0.290 e. The van der Waals surface area contributed by atoms with E-state index < -0.39 is 0 Å². The summed E-state index contributed by atoms with van der Waals surface area (Å²) in [5.41, 5.74) is 2.37. The fourth-order valence-corrected chi connectivity index (χ4v) is 3.64. The van der Waals surface area contributed by atoms with Crippen molar-refractivity contribution in [3.8, 4) is 23.0 Å². The van der Waals surface area contributed by atoms with Crippen LogP contribution in [0.4, 0.5) is 5.69 Å². The number of carbonyl (C=O) groups is 2. The predicted molar refractivity (Wildman–Crippen MR) is 117 cm³/mol. The monoisotopic (exact) mass is 451 g/mol. The molecule has 168 valence electrons. The molecule has 0 saturated carbocycles. The van der Waals surface area contributed by atoms with Gasteiger partial charge in [0.25, 0.3) is 6.47 Å². The number of fused-ring (bicyclic) bond motifs is 1. The van der Waals surface area contributed by atoms with Gasteiger partial charge in [-0.25, -0.2) is 0 Å². The van der Waals surface area contributed by atoms with Crippen LogP contribution in [-0.2, 0) is 9.59 Å². The molecule has 2 aromatic rings. The molecule has 1 heterocycles. The second-order valence-electron chi connectivity index (χ2n) is 6.90. The molecule has 2 aromatic carbocycles. The first-order chi connectivity index (χ1) is 14.8. The van der Waals surface area contributed by atoms with Gasteiger partial charge in [-0.15, -0.1) is 0 Å². The summed E-state index contributed by atoms with van der Waals surface area (Å²) in [7, 11) is 4.71. The van der Waals surface area contributed by atoms with Crippen molar-refractivity contribution in [3.05, 3.63) is 40.4 Å². The Morgan fingerprint density at radius 1 is 1.03 bits per heavy atom. The highest BCUT2D eigenvalue weighted by Crippen LogP contribution is 2.48. The van der Waals surface area contributed by atoms with Crippen LogP contribution in [0.2, 0.25) is 5.02 Å². The average molecular weight is 452 g/mol. The zero-order valence-electron chi connectivity index (χ0n) is 18.0. The second kappa shape index (κ2) is 10.8. The van der Waals surface area contributed by atoms with Crippen molar-refractivity contribution in [2.24, 2.45) is 0 Å². The summed E-state index contributed by atoms with van der Waals surface area (Å²) in [6.07, 6.45) is 0.177. The topological polar surface area (TPSA) is 103 Å². The van der Waals surface area contributed by atoms with E-state index in [1.807, 2.05) is 26.0 Å². The number of benzene rings is 2. The zero-order chi connectivity index (χ0) is 23.1. The number of ether oxygens (including phenoxy) is 4. The third-order valence-electron chi connectivity index (χ3n) is 4.59. The Hall–Kier alpha value is -3.13. The number of halogens is 1. The fraction of sp³-hybridized carbons (Fsp3) is 0.364. The van der Waals surface area contributed by atoms with E-state index in [4.69, 9.17) is 40.4 Å². The molecule has 2 N–H and O–H groups in total. The second-order valence-corrected chi connectivity index (χ2v) is 7.33. The quantitative estimate of drug-likeness (QED) is 0.630. The molecule has 0 aliphatic carbocycles. The lowest BCUT2D eigenvalue weighted by Gasteiger charge is -2.29. The molecule has 1 amide bonds. The molecule has 0 bridgehead atoms. The predicted octanol–water partition coefficient (Wildman–Crippen LogP) is 4.33. The highest BCUT2D eigenvalue weighted by molar-refractivity contribution is 6.30. The van der Waals surface area contributed by atoms with Crippen molar-refractivity contribution >= 4 is 29.7 Å². The van der Waals surface area contributed by atoms with Crippen LogP contribution in [-0.4, -0.2) is 44.9 Å². The Morgan fingerprint density at radius 3 is 2.16 bits per heavy atom. The molecule has 8 nitrogen and oxygen atoms in total. The Morgan fingerprint density at radius 2 is 1.61 bits per heavy atom. The lowest BCUT2D eigenvalue weighted by Crippen LogP contribution is -2.24. The molecule has 0 fully saturated rings. The molecular formula is C22H26ClNO7. The van der Waals surface area contributed by atoms with Gasteiger partial charge in [-0.1, -0.05) is 11.6 Å². The number of rotatable bonds is 6. The van der Waals surface area contributed by atoms with Gasteiger partial charge in [-0.2, -0.15) is 0 Å². The first kappa shape index (κ1) is 24.1. The van der Waals surface area contributed by atoms with Crippen molar-refractivity contribution in [1.29, 1.82) is 0 Å². The first-order valence-electron chi connectivity index (χ1n) is 9.47. The summed E-state index contributed by atoms with van der Waals surface area (Å²) in [6.45, 7) is 3.63. The first-order valence-corrected chi connectivity index (χ1v) is 9.85. The minimum Gasteiger partial charge on any atom is -0.493 e. The zero-order valence-corrected chi connectivity index (χ0v) is 18.8. The van der Waals surface area contributed by atoms with Crippen molar-refractivity contribution in [2.45, 2.75) is 32.3 Å². The molecule has 1 unspecified atom stereocenters. The number of carbonyl (C=O) groups excluding carboxylic acids is 1. The number of hydrogen-bond donors (Lipinski definition) is 2. The Labute approximate surface area is 186 Å². The van der Waals surface area contributed by atoms with E-state index in [9.17, 15) is 4.79 Å². The van der Waals surface area contributed by atoms with E-state index in [2.05, 4.69) is 5.32 Å². The fourth-order valence-electron chi connectivity index (χ4n) is 3.43. The summed E-state index contributed by atoms with van der Waals surface area (Å²) in [5.74, 6) is 1.88. The van der Waals surface area contributed by atoms with Gasteiger partial charge in [0.2, 0.25) is 5.91 Å². The molecule has 1 aliphatic heterocycles. The van der Waals surface area contributed by atoms with E-state index in [-0.39, 0.29) is 30.8 Å². The highest BCUT2D eigenvalue weighted by Gasteiger charge is 2.32. The molecule has 1 atom stereocenters. The van der Waals surface area contributed by atoms with E-state index in [1.165, 1.54) is 0 Å². The van der Waals surface area contributed by atoms with Gasteiger partial charge in [0.05, 0.1) is 27.4 Å². The van der Waals surface area contributed by atoms with Crippen LogP contribution < -0.4 is 24.3 Å². The van der Waals surface area contributed by atoms with Crippen LogP contribution in [0.3, 0.4) is 0 Å². The number of methoxy groups -OCH3 is 3. The molecular weight excluding hydrogens is 426 g/mol. The Bertz CT molecular complexity index is 946. The summed E-state index contributed by atoms with van der Waals surface area (Å²) >= 11 is 6.35. The number of anilines is 1. The maximum atomic E-state index is 12.4. The highest BCUT2D eigenvalue weighted by atomic mass is 35.5. The van der Waals surface area contributed by atoms with Crippen LogP contribution in [0.1, 0.15) is 37.3 Å². The van der Waals surface area contributed by atoms with E-state index >= 15 is 0 Å². The lowest BCUT2D eigenvalue weighted by atomic mass is 9.84. The maximum Gasteiger partial charge on any atom is 0.290 e. The van der Waals surface area contributed by atoms with Gasteiger partial charge >= 0.3 is 0 Å². The Balaban J connectivity index is 0.00000107. The van der Waals surface area contributed by atoms with Gasteiger partial charge < -0.3 is 29.4 Å². The van der Waals surface area contributed by atoms with Gasteiger partial charge in [-0.05, 0) is 31.5 Å². The average Bonchev–Trinajstić information content (AvgIpc) is 2.73. The van der Waals surface area contributed by atoms with Crippen LogP contribution in [0.5, 0.6) is 23.0 Å². The minimum absolute atomic E-state index is 0.0730. The van der Waals surface area contributed by atoms with Crippen molar-refractivity contribution in [2.75, 3.05) is 26.6 Å². The molecule has 0 radical (unpaired) electrons. The third kappa shape index (κ3) is 5.52. The molecule has 0 aromatic heterocycles. The van der Waals surface area contributed by atoms with Crippen molar-refractivity contribution < 1.29 is 33.6 Å². The maximum absolute atomic E-state index is 12.4. The van der Waals surface area contributed by atoms with E-state index in [0.717, 1.165) is 11.1 Å². The van der Waals surface area contributed by atoms with Crippen molar-refractivity contribution in [1.82, 2.24) is 0 Å². The van der Waals surface area contributed by atoms with Crippen LogP contribution >= 0.6 is 11.6 Å². The summed E-state index contributed by atoms with van der Waals surface area (Å²) < 4.78 is 22.4. The normalized spacial score (nSPS) is 14.5. The number of amides is 1. The summed E-state index contributed by atoms with van der Waals surface area (Å²) in [6, 6.07) is 7.18. The van der Waals surface area contributed by atoms with Crippen molar-refractivity contribution in [3.63, 3.8) is 0 Å². The molecule has 3 rings (SSSR count). The molecule has 0 spiro atoms. The standard InChI is InChI=1S/C21H24ClNO5.CH2O2/c1-11(2)28-21-15(6-12(22)7-19(21)27-5)13-9-20(24)23-16-10-18(26-4)17(25-3)8-14(13)16;2-1-3/h6-8,10-11,13H,9H2,1-5H3,(H,23,24);1H,(H,2,3). The number of hydrogen-bond acceptors (Lipinski definition) is 6. The van der Waals surface area contributed by atoms with E-state index in [1.54, 1.807) is 33.5 Å². The number of carboxylic acid groups (broad SMARTS) is 1. The SMILES string of the molecule is COc1cc2c(cc1OC)C(c1cc(Cl)cc(OC)c1OC(C)C)CC(=O)N2.O=CO. The molecule has 9 heteroatoms. The summed E-state index contributed by atoms with van der Waals surface area (Å²) in [4.78, 5) is 20.8. The number of nitrogens with one attached hydrogen (secondary N) is 1. The van der Waals surface area contributed by atoms with Gasteiger partial charge in [0.15, 0.2) is 23.0 Å². The lowest BCUT2D eigenvalue weighted by molar-refractivity contribution is -0.123. The molecule has 0 saturated heterocycles. The van der Waals surface area contributed by atoms with Crippen LogP contribution in [0, 0.1) is 0 Å². The van der Waals surface area contributed by atoms with E-state index in [0.29, 0.717) is 33.7 Å². The van der Waals surface area contributed by atoms with Crippen LogP contribution in [0.15, 0.2) is 24.3 Å². The van der Waals surface area contributed by atoms with Gasteiger partial charge in [-0.3, -0.25) is 9.59 Å².